The summed E-state index contributed by atoms with van der Waals surface area (Å²) in [4.78, 5) is 26.1. The lowest BCUT2D eigenvalue weighted by Crippen LogP contribution is -2.50. The number of benzene rings is 2. The second-order valence-electron chi connectivity index (χ2n) is 10.5. The second kappa shape index (κ2) is 12.4. The van der Waals surface area contributed by atoms with Crippen LogP contribution in [-0.2, 0) is 22.4 Å². The molecule has 0 saturated heterocycles. The van der Waals surface area contributed by atoms with Gasteiger partial charge < -0.3 is 25.4 Å². The number of aliphatic hydroxyl groups excluding tert-OH is 1. The van der Waals surface area contributed by atoms with Gasteiger partial charge in [-0.05, 0) is 43.9 Å². The van der Waals surface area contributed by atoms with Crippen LogP contribution in [0.4, 0.5) is 0 Å². The molecule has 0 saturated carbocycles. The standard InChI is InChI=1S/C29H41N3O4/c1-6-20-12-13-26-22(16-20)24(18-29(2,3)36-26)30-19-25(33)23(17-21-10-8-7-9-11-21)31-27(34)14-15-28(35)32(4)5/h7-13,16,23-25,30,33H,6,14-15,17-19H2,1-5H3,(H,31,34)/t23-,24-,25+/m0/s1. The molecule has 1 heterocycles. The highest BCUT2D eigenvalue weighted by molar-refractivity contribution is 5.83. The molecule has 7 heteroatoms. The van der Waals surface area contributed by atoms with Gasteiger partial charge in [0.05, 0.1) is 12.1 Å². The van der Waals surface area contributed by atoms with E-state index in [9.17, 15) is 14.7 Å². The van der Waals surface area contributed by atoms with E-state index in [-0.39, 0.29) is 36.3 Å². The minimum Gasteiger partial charge on any atom is -0.487 e. The average Bonchev–Trinajstić information content (AvgIpc) is 2.84. The molecule has 0 aliphatic carbocycles. The molecular weight excluding hydrogens is 454 g/mol. The van der Waals surface area contributed by atoms with Gasteiger partial charge >= 0.3 is 0 Å². The van der Waals surface area contributed by atoms with Crippen molar-refractivity contribution < 1.29 is 19.4 Å². The van der Waals surface area contributed by atoms with Crippen LogP contribution in [0.15, 0.2) is 48.5 Å². The lowest BCUT2D eigenvalue weighted by molar-refractivity contribution is -0.131. The molecule has 0 fully saturated rings. The van der Waals surface area contributed by atoms with E-state index in [4.69, 9.17) is 4.74 Å². The van der Waals surface area contributed by atoms with Gasteiger partial charge in [0.2, 0.25) is 11.8 Å². The first-order valence-corrected chi connectivity index (χ1v) is 12.8. The molecule has 0 unspecified atom stereocenters. The van der Waals surface area contributed by atoms with Crippen molar-refractivity contribution in [2.75, 3.05) is 20.6 Å². The van der Waals surface area contributed by atoms with Crippen LogP contribution in [0.3, 0.4) is 0 Å². The van der Waals surface area contributed by atoms with Crippen molar-refractivity contribution in [1.29, 1.82) is 0 Å². The van der Waals surface area contributed by atoms with Crippen LogP contribution in [0.1, 0.15) is 62.8 Å². The minimum atomic E-state index is -0.817. The van der Waals surface area contributed by atoms with Gasteiger partial charge in [-0.15, -0.1) is 0 Å². The number of hydrogen-bond donors (Lipinski definition) is 3. The molecule has 3 atom stereocenters. The molecule has 0 spiro atoms. The molecule has 0 aromatic heterocycles. The topological polar surface area (TPSA) is 90.9 Å². The molecule has 36 heavy (non-hydrogen) atoms. The number of fused-ring (bicyclic) bond motifs is 1. The zero-order valence-corrected chi connectivity index (χ0v) is 22.2. The molecular formula is C29H41N3O4. The lowest BCUT2D eigenvalue weighted by Gasteiger charge is -2.39. The maximum atomic E-state index is 12.7. The van der Waals surface area contributed by atoms with Gasteiger partial charge in [0, 0.05) is 51.5 Å². The third-order valence-corrected chi connectivity index (χ3v) is 6.69. The molecule has 3 rings (SSSR count). The number of aliphatic hydroxyl groups is 1. The summed E-state index contributed by atoms with van der Waals surface area (Å²) in [5.74, 6) is 0.532. The van der Waals surface area contributed by atoms with Gasteiger partial charge in [0.15, 0.2) is 0 Å². The van der Waals surface area contributed by atoms with E-state index >= 15 is 0 Å². The summed E-state index contributed by atoms with van der Waals surface area (Å²) in [6.07, 6.45) is 1.60. The Kier molecular flexibility index (Phi) is 9.51. The normalized spacial score (nSPS) is 17.9. The molecule has 0 bridgehead atoms. The first-order valence-electron chi connectivity index (χ1n) is 12.8. The fourth-order valence-corrected chi connectivity index (χ4v) is 4.59. The van der Waals surface area contributed by atoms with E-state index < -0.39 is 12.1 Å². The summed E-state index contributed by atoms with van der Waals surface area (Å²) in [7, 11) is 3.35. The number of aryl methyl sites for hydroxylation is 1. The third-order valence-electron chi connectivity index (χ3n) is 6.69. The van der Waals surface area contributed by atoms with Crippen LogP contribution < -0.4 is 15.4 Å². The smallest absolute Gasteiger partial charge is 0.222 e. The predicted molar refractivity (Wildman–Crippen MR) is 142 cm³/mol. The Hall–Kier alpha value is -2.90. The van der Waals surface area contributed by atoms with E-state index in [0.717, 1.165) is 29.7 Å². The Balaban J connectivity index is 1.70. The maximum absolute atomic E-state index is 12.7. The molecule has 7 nitrogen and oxygen atoms in total. The van der Waals surface area contributed by atoms with Crippen molar-refractivity contribution in [1.82, 2.24) is 15.5 Å². The molecule has 3 N–H and O–H groups in total. The van der Waals surface area contributed by atoms with Crippen LogP contribution in [0, 0.1) is 0 Å². The molecule has 1 aliphatic rings. The Morgan fingerprint density at radius 2 is 1.83 bits per heavy atom. The number of nitrogens with one attached hydrogen (secondary N) is 2. The molecule has 2 amide bonds. The zero-order chi connectivity index (χ0) is 26.3. The zero-order valence-electron chi connectivity index (χ0n) is 22.2. The number of rotatable bonds is 11. The van der Waals surface area contributed by atoms with Crippen molar-refractivity contribution >= 4 is 11.8 Å². The van der Waals surface area contributed by atoms with Crippen molar-refractivity contribution in [2.45, 2.75) is 76.7 Å². The molecule has 196 valence electrons. The van der Waals surface area contributed by atoms with Gasteiger partial charge in [0.25, 0.3) is 0 Å². The van der Waals surface area contributed by atoms with Gasteiger partial charge in [-0.3, -0.25) is 9.59 Å². The van der Waals surface area contributed by atoms with E-state index in [1.165, 1.54) is 10.5 Å². The van der Waals surface area contributed by atoms with Crippen molar-refractivity contribution in [3.63, 3.8) is 0 Å². The fourth-order valence-electron chi connectivity index (χ4n) is 4.59. The summed E-state index contributed by atoms with van der Waals surface area (Å²) < 4.78 is 6.21. The summed E-state index contributed by atoms with van der Waals surface area (Å²) in [6.45, 7) is 6.58. The second-order valence-corrected chi connectivity index (χ2v) is 10.5. The van der Waals surface area contributed by atoms with Gasteiger partial charge in [-0.2, -0.15) is 0 Å². The SMILES string of the molecule is CCc1ccc2c(c1)[C@@H](NC[C@@H](O)[C@H](Cc1ccccc1)NC(=O)CCC(=O)N(C)C)CC(C)(C)O2. The van der Waals surface area contributed by atoms with Crippen LogP contribution in [0.5, 0.6) is 5.75 Å². The molecule has 1 aliphatic heterocycles. The Morgan fingerprint density at radius 3 is 2.50 bits per heavy atom. The largest absolute Gasteiger partial charge is 0.487 e. The number of carbonyl (C=O) groups is 2. The van der Waals surface area contributed by atoms with Crippen molar-refractivity contribution in [3.8, 4) is 5.75 Å². The van der Waals surface area contributed by atoms with E-state index in [1.54, 1.807) is 14.1 Å². The van der Waals surface area contributed by atoms with Crippen molar-refractivity contribution in [3.05, 3.63) is 65.2 Å². The third kappa shape index (κ3) is 7.80. The number of carbonyl (C=O) groups excluding carboxylic acids is 2. The van der Waals surface area contributed by atoms with Crippen LogP contribution in [0.2, 0.25) is 0 Å². The highest BCUT2D eigenvalue weighted by Gasteiger charge is 2.34. The van der Waals surface area contributed by atoms with E-state index in [0.29, 0.717) is 13.0 Å². The Morgan fingerprint density at radius 1 is 1.11 bits per heavy atom. The number of ether oxygens (including phenoxy) is 1. The lowest BCUT2D eigenvalue weighted by atomic mass is 9.88. The average molecular weight is 496 g/mol. The van der Waals surface area contributed by atoms with E-state index in [2.05, 4.69) is 43.5 Å². The predicted octanol–water partition coefficient (Wildman–Crippen LogP) is 3.40. The minimum absolute atomic E-state index is 0.0238. The monoisotopic (exact) mass is 495 g/mol. The van der Waals surface area contributed by atoms with Gasteiger partial charge in [-0.25, -0.2) is 0 Å². The summed E-state index contributed by atoms with van der Waals surface area (Å²) >= 11 is 0. The van der Waals surface area contributed by atoms with Gasteiger partial charge in [-0.1, -0.05) is 49.4 Å². The summed E-state index contributed by atoms with van der Waals surface area (Å²) in [6, 6.07) is 15.6. The quantitative estimate of drug-likeness (QED) is 0.445. The van der Waals surface area contributed by atoms with Crippen molar-refractivity contribution in [2.24, 2.45) is 0 Å². The number of hydrogen-bond acceptors (Lipinski definition) is 5. The Labute approximate surface area is 215 Å². The highest BCUT2D eigenvalue weighted by Crippen LogP contribution is 2.40. The van der Waals surface area contributed by atoms with Crippen LogP contribution in [0.25, 0.3) is 0 Å². The highest BCUT2D eigenvalue weighted by atomic mass is 16.5. The molecule has 0 radical (unpaired) electrons. The fraction of sp³-hybridized carbons (Fsp3) is 0.517. The number of nitrogens with zero attached hydrogens (tertiary/aromatic N) is 1. The van der Waals surface area contributed by atoms with Crippen LogP contribution in [-0.4, -0.2) is 60.2 Å². The first kappa shape index (κ1) is 27.7. The molecule has 2 aromatic rings. The van der Waals surface area contributed by atoms with Crippen LogP contribution >= 0.6 is 0 Å². The van der Waals surface area contributed by atoms with Gasteiger partial charge in [0.1, 0.15) is 11.4 Å². The summed E-state index contributed by atoms with van der Waals surface area (Å²) in [5, 5.41) is 17.7. The molecule has 2 aromatic carbocycles. The number of amides is 2. The Bertz CT molecular complexity index is 1020. The van der Waals surface area contributed by atoms with E-state index in [1.807, 2.05) is 36.4 Å². The summed E-state index contributed by atoms with van der Waals surface area (Å²) in [5.41, 5.74) is 3.04. The first-order chi connectivity index (χ1) is 17.1. The maximum Gasteiger partial charge on any atom is 0.222 e.